The van der Waals surface area contributed by atoms with E-state index in [0.29, 0.717) is 0 Å². The average Bonchev–Trinajstić information content (AvgIpc) is 2.71. The summed E-state index contributed by atoms with van der Waals surface area (Å²) in [7, 11) is 1.29. The molecule has 0 spiro atoms. The van der Waals surface area contributed by atoms with Gasteiger partial charge in [-0.3, -0.25) is 0 Å². The number of methoxy groups -OCH3 is 1. The van der Waals surface area contributed by atoms with Crippen LogP contribution in [0.2, 0.25) is 0 Å². The van der Waals surface area contributed by atoms with Gasteiger partial charge in [0.2, 0.25) is 0 Å². The van der Waals surface area contributed by atoms with Crippen molar-refractivity contribution in [3.63, 3.8) is 0 Å². The topological polar surface area (TPSA) is 77.5 Å². The third kappa shape index (κ3) is 5.56. The molecule has 0 radical (unpaired) electrons. The Morgan fingerprint density at radius 2 is 1.77 bits per heavy atom. The molecule has 2 aromatic carbocycles. The van der Waals surface area contributed by atoms with Crippen LogP contribution >= 0.6 is 0 Å². The summed E-state index contributed by atoms with van der Waals surface area (Å²) in [6, 6.07) is 18.9. The van der Waals surface area contributed by atoms with Crippen molar-refractivity contribution in [3.8, 4) is 11.3 Å². The molecule has 1 unspecified atom stereocenters. The molecule has 3 rings (SSSR count). The van der Waals surface area contributed by atoms with Crippen LogP contribution in [0.15, 0.2) is 60.7 Å². The molecule has 156 valence electrons. The van der Waals surface area contributed by atoms with Gasteiger partial charge in [0.05, 0.1) is 18.3 Å². The van der Waals surface area contributed by atoms with Crippen LogP contribution in [0.4, 0.5) is 4.79 Å². The Bertz CT molecular complexity index is 1040. The number of rotatable bonds is 5. The highest BCUT2D eigenvalue weighted by Crippen LogP contribution is 2.22. The van der Waals surface area contributed by atoms with Gasteiger partial charge in [-0.15, -0.1) is 0 Å². The standard InChI is InChI=1S/C24H26N2O4/c1-24(2,3)30-23(28)26-21(22(27)29-4)15-16-10-12-20-18(14-16)11-13-19(25-20)17-8-6-5-7-9-17/h5-14,21H,15H2,1-4H3,(H,26,28). The van der Waals surface area contributed by atoms with Crippen molar-refractivity contribution in [1.29, 1.82) is 0 Å². The molecule has 1 heterocycles. The molecule has 1 N–H and O–H groups in total. The largest absolute Gasteiger partial charge is 0.467 e. The van der Waals surface area contributed by atoms with E-state index in [9.17, 15) is 9.59 Å². The SMILES string of the molecule is COC(=O)C(Cc1ccc2nc(-c3ccccc3)ccc2c1)NC(=O)OC(C)(C)C. The highest BCUT2D eigenvalue weighted by molar-refractivity contribution is 5.84. The van der Waals surface area contributed by atoms with Gasteiger partial charge in [-0.05, 0) is 44.5 Å². The molecule has 3 aromatic rings. The minimum atomic E-state index is -0.848. The zero-order valence-corrected chi connectivity index (χ0v) is 17.6. The number of aromatic nitrogens is 1. The molecule has 30 heavy (non-hydrogen) atoms. The van der Waals surface area contributed by atoms with E-state index in [1.165, 1.54) is 7.11 Å². The number of carbonyl (C=O) groups excluding carboxylic acids is 2. The highest BCUT2D eigenvalue weighted by atomic mass is 16.6. The van der Waals surface area contributed by atoms with Crippen molar-refractivity contribution < 1.29 is 19.1 Å². The second-order valence-corrected chi connectivity index (χ2v) is 8.02. The number of fused-ring (bicyclic) bond motifs is 1. The number of hydrogen-bond donors (Lipinski definition) is 1. The average molecular weight is 406 g/mol. The first-order valence-corrected chi connectivity index (χ1v) is 9.77. The van der Waals surface area contributed by atoms with Crippen LogP contribution in [-0.2, 0) is 20.7 Å². The monoisotopic (exact) mass is 406 g/mol. The normalized spacial score (nSPS) is 12.3. The van der Waals surface area contributed by atoms with E-state index in [2.05, 4.69) is 5.32 Å². The molecule has 0 bridgehead atoms. The maximum absolute atomic E-state index is 12.2. The molecule has 1 atom stereocenters. The lowest BCUT2D eigenvalue weighted by Gasteiger charge is -2.22. The molecule has 6 heteroatoms. The number of amides is 1. The Balaban J connectivity index is 1.80. The van der Waals surface area contributed by atoms with Crippen LogP contribution in [0.1, 0.15) is 26.3 Å². The van der Waals surface area contributed by atoms with Crippen LogP contribution < -0.4 is 5.32 Å². The minimum absolute atomic E-state index is 0.280. The second kappa shape index (κ2) is 8.95. The first kappa shape index (κ1) is 21.3. The van der Waals surface area contributed by atoms with Gasteiger partial charge in [0.1, 0.15) is 11.6 Å². The quantitative estimate of drug-likeness (QED) is 0.631. The Morgan fingerprint density at radius 1 is 1.03 bits per heavy atom. The summed E-state index contributed by atoms with van der Waals surface area (Å²) < 4.78 is 10.1. The number of pyridine rings is 1. The first-order valence-electron chi connectivity index (χ1n) is 9.77. The molecule has 1 aromatic heterocycles. The third-order valence-corrected chi connectivity index (χ3v) is 4.44. The van der Waals surface area contributed by atoms with Gasteiger partial charge < -0.3 is 14.8 Å². The van der Waals surface area contributed by atoms with Crippen molar-refractivity contribution in [2.24, 2.45) is 0 Å². The lowest BCUT2D eigenvalue weighted by atomic mass is 10.0. The second-order valence-electron chi connectivity index (χ2n) is 8.02. The van der Waals surface area contributed by atoms with E-state index >= 15 is 0 Å². The number of esters is 1. The number of hydrogen-bond acceptors (Lipinski definition) is 5. The van der Waals surface area contributed by atoms with Gasteiger partial charge in [-0.2, -0.15) is 0 Å². The van der Waals surface area contributed by atoms with Gasteiger partial charge in [0, 0.05) is 17.4 Å². The maximum atomic E-state index is 12.2. The van der Waals surface area contributed by atoms with Crippen molar-refractivity contribution in [2.45, 2.75) is 38.8 Å². The van der Waals surface area contributed by atoms with Gasteiger partial charge in [-0.1, -0.05) is 42.5 Å². The van der Waals surface area contributed by atoms with Crippen LogP contribution in [0.25, 0.3) is 22.2 Å². The Hall–Kier alpha value is -3.41. The predicted octanol–water partition coefficient (Wildman–Crippen LogP) is 4.51. The molecular formula is C24H26N2O4. The molecular weight excluding hydrogens is 380 g/mol. The van der Waals surface area contributed by atoms with Crippen molar-refractivity contribution in [1.82, 2.24) is 10.3 Å². The predicted molar refractivity (Wildman–Crippen MR) is 116 cm³/mol. The fourth-order valence-electron chi connectivity index (χ4n) is 3.09. The van der Waals surface area contributed by atoms with Gasteiger partial charge in [0.25, 0.3) is 0 Å². The van der Waals surface area contributed by atoms with E-state index < -0.39 is 23.7 Å². The van der Waals surface area contributed by atoms with E-state index in [4.69, 9.17) is 14.5 Å². The van der Waals surface area contributed by atoms with Crippen LogP contribution in [0, 0.1) is 0 Å². The van der Waals surface area contributed by atoms with E-state index in [-0.39, 0.29) is 6.42 Å². The van der Waals surface area contributed by atoms with Gasteiger partial charge >= 0.3 is 12.1 Å². The molecule has 0 saturated carbocycles. The lowest BCUT2D eigenvalue weighted by molar-refractivity contribution is -0.143. The van der Waals surface area contributed by atoms with Crippen LogP contribution in [0.3, 0.4) is 0 Å². The van der Waals surface area contributed by atoms with E-state index in [0.717, 1.165) is 27.7 Å². The highest BCUT2D eigenvalue weighted by Gasteiger charge is 2.25. The fraction of sp³-hybridized carbons (Fsp3) is 0.292. The summed E-state index contributed by atoms with van der Waals surface area (Å²) >= 11 is 0. The third-order valence-electron chi connectivity index (χ3n) is 4.44. The zero-order valence-electron chi connectivity index (χ0n) is 17.6. The number of carbonyl (C=O) groups is 2. The Labute approximate surface area is 176 Å². The first-order chi connectivity index (χ1) is 14.2. The minimum Gasteiger partial charge on any atom is -0.467 e. The smallest absolute Gasteiger partial charge is 0.408 e. The van der Waals surface area contributed by atoms with Crippen LogP contribution in [-0.4, -0.2) is 35.8 Å². The molecule has 0 aliphatic heterocycles. The molecule has 1 amide bonds. The lowest BCUT2D eigenvalue weighted by Crippen LogP contribution is -2.45. The fourth-order valence-corrected chi connectivity index (χ4v) is 3.09. The van der Waals surface area contributed by atoms with Crippen molar-refractivity contribution in [2.75, 3.05) is 7.11 Å². The summed E-state index contributed by atoms with van der Waals surface area (Å²) in [5.74, 6) is -0.529. The molecule has 6 nitrogen and oxygen atoms in total. The Kier molecular flexibility index (Phi) is 6.35. The number of alkyl carbamates (subject to hydrolysis) is 1. The zero-order chi connectivity index (χ0) is 21.7. The number of ether oxygens (including phenoxy) is 2. The van der Waals surface area contributed by atoms with Gasteiger partial charge in [-0.25, -0.2) is 14.6 Å². The number of nitrogens with one attached hydrogen (secondary N) is 1. The molecule has 0 fully saturated rings. The van der Waals surface area contributed by atoms with E-state index in [1.54, 1.807) is 20.8 Å². The van der Waals surface area contributed by atoms with Crippen LogP contribution in [0.5, 0.6) is 0 Å². The number of benzene rings is 2. The Morgan fingerprint density at radius 3 is 2.43 bits per heavy atom. The summed E-state index contributed by atoms with van der Waals surface area (Å²) in [5.41, 5.74) is 3.03. The van der Waals surface area contributed by atoms with E-state index in [1.807, 2.05) is 60.7 Å². The molecule has 0 saturated heterocycles. The summed E-state index contributed by atoms with van der Waals surface area (Å²) in [4.78, 5) is 29.0. The summed E-state index contributed by atoms with van der Waals surface area (Å²) in [6.45, 7) is 5.29. The van der Waals surface area contributed by atoms with Crippen molar-refractivity contribution >= 4 is 23.0 Å². The maximum Gasteiger partial charge on any atom is 0.408 e. The van der Waals surface area contributed by atoms with Gasteiger partial charge in [0.15, 0.2) is 0 Å². The summed E-state index contributed by atoms with van der Waals surface area (Å²) in [5, 5.41) is 3.55. The van der Waals surface area contributed by atoms with Crippen molar-refractivity contribution in [3.05, 3.63) is 66.2 Å². The summed E-state index contributed by atoms with van der Waals surface area (Å²) in [6.07, 6.45) is -0.379. The molecule has 0 aliphatic rings. The molecule has 0 aliphatic carbocycles. The number of nitrogens with zero attached hydrogens (tertiary/aromatic N) is 1.